The normalized spacial score (nSPS) is 17.9. The van der Waals surface area contributed by atoms with Gasteiger partial charge in [-0.15, -0.1) is 0 Å². The van der Waals surface area contributed by atoms with Gasteiger partial charge in [0.15, 0.2) is 5.58 Å². The number of H-pyrrole nitrogens is 1. The van der Waals surface area contributed by atoms with Gasteiger partial charge in [-0.3, -0.25) is 9.78 Å². The largest absolute Gasteiger partial charge is 0.417 e. The number of nitrogens with two attached hydrogens (primary N) is 1. The standard InChI is InChI=1S/C11H10N2O4/c12-9(14)11(4-16-5-11)6-1-2-7-8(3-6)17-10(15)13-7/h1-3H,4-5H2,(H2,12,14)(H,13,15). The molecule has 3 N–H and O–H groups in total. The number of fused-ring (bicyclic) bond motifs is 1. The molecule has 1 aliphatic rings. The summed E-state index contributed by atoms with van der Waals surface area (Å²) in [6, 6.07) is 5.10. The smallest absolute Gasteiger partial charge is 0.408 e. The molecule has 0 bridgehead atoms. The number of amides is 1. The maximum absolute atomic E-state index is 11.5. The van der Waals surface area contributed by atoms with E-state index in [1.807, 2.05) is 0 Å². The van der Waals surface area contributed by atoms with Crippen LogP contribution in [0.5, 0.6) is 0 Å². The van der Waals surface area contributed by atoms with Gasteiger partial charge in [0.25, 0.3) is 0 Å². The zero-order chi connectivity index (χ0) is 12.0. The van der Waals surface area contributed by atoms with E-state index in [-0.39, 0.29) is 13.2 Å². The molecule has 0 unspecified atom stereocenters. The molecule has 1 fully saturated rings. The molecule has 88 valence electrons. The van der Waals surface area contributed by atoms with E-state index in [1.54, 1.807) is 18.2 Å². The van der Waals surface area contributed by atoms with Crippen LogP contribution in [0, 0.1) is 0 Å². The Morgan fingerprint density at radius 2 is 2.18 bits per heavy atom. The Balaban J connectivity index is 2.17. The predicted octanol–water partition coefficient (Wildman–Crippen LogP) is -0.126. The molecular weight excluding hydrogens is 224 g/mol. The van der Waals surface area contributed by atoms with Crippen LogP contribution in [0.1, 0.15) is 5.56 Å². The number of aromatic amines is 1. The van der Waals surface area contributed by atoms with Crippen molar-refractivity contribution in [1.29, 1.82) is 0 Å². The van der Waals surface area contributed by atoms with Crippen molar-refractivity contribution in [2.75, 3.05) is 13.2 Å². The zero-order valence-electron chi connectivity index (χ0n) is 8.86. The topological polar surface area (TPSA) is 98.3 Å². The second kappa shape index (κ2) is 3.21. The van der Waals surface area contributed by atoms with Crippen molar-refractivity contribution in [3.05, 3.63) is 34.3 Å². The third-order valence-electron chi connectivity index (χ3n) is 3.14. The van der Waals surface area contributed by atoms with Crippen LogP contribution in [-0.4, -0.2) is 24.1 Å². The van der Waals surface area contributed by atoms with Crippen LogP contribution >= 0.6 is 0 Å². The fourth-order valence-electron chi connectivity index (χ4n) is 2.00. The summed E-state index contributed by atoms with van der Waals surface area (Å²) >= 11 is 0. The second-order valence-corrected chi connectivity index (χ2v) is 4.16. The summed E-state index contributed by atoms with van der Waals surface area (Å²) in [6.45, 7) is 0.533. The van der Waals surface area contributed by atoms with Crippen LogP contribution in [0.4, 0.5) is 0 Å². The predicted molar refractivity (Wildman–Crippen MR) is 58.5 cm³/mol. The maximum atomic E-state index is 11.5. The number of hydrogen-bond acceptors (Lipinski definition) is 4. The number of nitrogens with one attached hydrogen (secondary N) is 1. The maximum Gasteiger partial charge on any atom is 0.417 e. The van der Waals surface area contributed by atoms with Crippen LogP contribution in [0.25, 0.3) is 11.1 Å². The summed E-state index contributed by atoms with van der Waals surface area (Å²) in [5.41, 5.74) is 6.33. The molecule has 1 aromatic heterocycles. The van der Waals surface area contributed by atoms with Gasteiger partial charge in [0, 0.05) is 0 Å². The molecule has 0 spiro atoms. The lowest BCUT2D eigenvalue weighted by Crippen LogP contribution is -2.56. The summed E-state index contributed by atoms with van der Waals surface area (Å²) in [4.78, 5) is 25.0. The number of ether oxygens (including phenoxy) is 1. The van der Waals surface area contributed by atoms with Crippen LogP contribution in [-0.2, 0) is 14.9 Å². The fourth-order valence-corrected chi connectivity index (χ4v) is 2.00. The monoisotopic (exact) mass is 234 g/mol. The Hall–Kier alpha value is -2.08. The van der Waals surface area contributed by atoms with Crippen LogP contribution in [0.15, 0.2) is 27.4 Å². The summed E-state index contributed by atoms with van der Waals surface area (Å²) in [7, 11) is 0. The van der Waals surface area contributed by atoms with Crippen molar-refractivity contribution >= 4 is 17.0 Å². The minimum absolute atomic E-state index is 0.266. The molecule has 3 rings (SSSR count). The molecule has 0 aliphatic carbocycles. The number of carbonyl (C=O) groups excluding carboxylic acids is 1. The van der Waals surface area contributed by atoms with E-state index in [4.69, 9.17) is 14.9 Å². The lowest BCUT2D eigenvalue weighted by Gasteiger charge is -2.38. The van der Waals surface area contributed by atoms with E-state index < -0.39 is 17.1 Å². The summed E-state index contributed by atoms with van der Waals surface area (Å²) in [6.07, 6.45) is 0. The van der Waals surface area contributed by atoms with Gasteiger partial charge in [0.1, 0.15) is 5.41 Å². The highest BCUT2D eigenvalue weighted by Gasteiger charge is 2.46. The molecule has 6 nitrogen and oxygen atoms in total. The van der Waals surface area contributed by atoms with Crippen LogP contribution in [0.2, 0.25) is 0 Å². The first-order valence-electron chi connectivity index (χ1n) is 5.13. The van der Waals surface area contributed by atoms with Gasteiger partial charge in [0.2, 0.25) is 5.91 Å². The molecule has 1 aliphatic heterocycles. The van der Waals surface area contributed by atoms with Crippen molar-refractivity contribution in [3.8, 4) is 0 Å². The Labute approximate surface area is 95.4 Å². The molecule has 1 aromatic carbocycles. The van der Waals surface area contributed by atoms with Gasteiger partial charge >= 0.3 is 5.76 Å². The van der Waals surface area contributed by atoms with Gasteiger partial charge in [-0.05, 0) is 17.7 Å². The third kappa shape index (κ3) is 1.31. The lowest BCUT2D eigenvalue weighted by atomic mass is 9.78. The second-order valence-electron chi connectivity index (χ2n) is 4.16. The highest BCUT2D eigenvalue weighted by atomic mass is 16.5. The van der Waals surface area contributed by atoms with Crippen LogP contribution in [0.3, 0.4) is 0 Å². The first kappa shape index (κ1) is 10.1. The van der Waals surface area contributed by atoms with Crippen molar-refractivity contribution in [2.45, 2.75) is 5.41 Å². The van der Waals surface area contributed by atoms with Crippen molar-refractivity contribution in [1.82, 2.24) is 4.98 Å². The van der Waals surface area contributed by atoms with E-state index >= 15 is 0 Å². The molecule has 1 amide bonds. The number of carbonyl (C=O) groups is 1. The number of oxazole rings is 1. The molecule has 0 radical (unpaired) electrons. The minimum atomic E-state index is -0.788. The van der Waals surface area contributed by atoms with E-state index in [9.17, 15) is 9.59 Å². The van der Waals surface area contributed by atoms with E-state index in [0.29, 0.717) is 16.7 Å². The Morgan fingerprint density at radius 3 is 2.76 bits per heavy atom. The van der Waals surface area contributed by atoms with Crippen molar-refractivity contribution in [3.63, 3.8) is 0 Å². The molecule has 17 heavy (non-hydrogen) atoms. The average Bonchev–Trinajstić information content (AvgIpc) is 2.54. The molecule has 0 atom stereocenters. The minimum Gasteiger partial charge on any atom is -0.408 e. The van der Waals surface area contributed by atoms with Crippen molar-refractivity contribution in [2.24, 2.45) is 5.73 Å². The van der Waals surface area contributed by atoms with E-state index in [0.717, 1.165) is 0 Å². The third-order valence-corrected chi connectivity index (χ3v) is 3.14. The molecule has 0 saturated carbocycles. The molecule has 6 heteroatoms. The van der Waals surface area contributed by atoms with Crippen molar-refractivity contribution < 1.29 is 13.9 Å². The highest BCUT2D eigenvalue weighted by molar-refractivity contribution is 5.89. The molecule has 2 aromatic rings. The fraction of sp³-hybridized carbons (Fsp3) is 0.273. The van der Waals surface area contributed by atoms with Gasteiger partial charge in [-0.25, -0.2) is 4.79 Å². The Bertz CT molecular complexity index is 651. The summed E-state index contributed by atoms with van der Waals surface area (Å²) in [5.74, 6) is -0.948. The van der Waals surface area contributed by atoms with Gasteiger partial charge in [0.05, 0.1) is 18.7 Å². The number of rotatable bonds is 2. The van der Waals surface area contributed by atoms with Crippen LogP contribution < -0.4 is 11.5 Å². The number of aromatic nitrogens is 1. The molecular formula is C11H10N2O4. The lowest BCUT2D eigenvalue weighted by molar-refractivity contribution is -0.141. The van der Waals surface area contributed by atoms with E-state index in [2.05, 4.69) is 4.98 Å². The number of benzene rings is 1. The number of primary amides is 1. The van der Waals surface area contributed by atoms with E-state index in [1.165, 1.54) is 0 Å². The molecule has 1 saturated heterocycles. The summed E-state index contributed by atoms with van der Waals surface area (Å²) < 4.78 is 10.0. The summed E-state index contributed by atoms with van der Waals surface area (Å²) in [5, 5.41) is 0. The van der Waals surface area contributed by atoms with Gasteiger partial charge in [-0.2, -0.15) is 0 Å². The first-order valence-corrected chi connectivity index (χ1v) is 5.13. The number of hydrogen-bond donors (Lipinski definition) is 2. The Morgan fingerprint density at radius 1 is 1.41 bits per heavy atom. The highest BCUT2D eigenvalue weighted by Crippen LogP contribution is 2.33. The Kier molecular flexibility index (Phi) is 1.90. The zero-order valence-corrected chi connectivity index (χ0v) is 8.86. The SMILES string of the molecule is NC(=O)C1(c2ccc3[nH]c(=O)oc3c2)COC1. The average molecular weight is 234 g/mol. The quantitative estimate of drug-likeness (QED) is 0.756. The first-order chi connectivity index (χ1) is 8.12. The van der Waals surface area contributed by atoms with Gasteiger partial charge in [-0.1, -0.05) is 6.07 Å². The van der Waals surface area contributed by atoms with Gasteiger partial charge < -0.3 is 14.9 Å². The molecule has 2 heterocycles.